The summed E-state index contributed by atoms with van der Waals surface area (Å²) in [6, 6.07) is 10.7. The molecule has 3 aromatic rings. The van der Waals surface area contributed by atoms with Gasteiger partial charge in [-0.05, 0) is 35.9 Å². The first-order chi connectivity index (χ1) is 14.9. The summed E-state index contributed by atoms with van der Waals surface area (Å²) >= 11 is 13.4. The van der Waals surface area contributed by atoms with Gasteiger partial charge in [0.2, 0.25) is 5.75 Å². The van der Waals surface area contributed by atoms with Gasteiger partial charge < -0.3 is 14.2 Å². The minimum Gasteiger partial charge on any atom is -0.493 e. The number of carbonyl (C=O) groups excluding carboxylic acids is 1. The normalized spacial score (nSPS) is 11.0. The molecule has 2 aromatic carbocycles. The molecule has 0 fully saturated rings. The van der Waals surface area contributed by atoms with Crippen molar-refractivity contribution in [3.63, 3.8) is 0 Å². The van der Waals surface area contributed by atoms with Crippen molar-refractivity contribution in [2.75, 3.05) is 14.2 Å². The van der Waals surface area contributed by atoms with Crippen molar-refractivity contribution in [1.82, 2.24) is 4.98 Å². The molecular formula is C22H16Cl2N2O4S. The number of nitrogens with zero attached hydrogens (tertiary/aromatic N) is 2. The van der Waals surface area contributed by atoms with Crippen molar-refractivity contribution in [3.05, 3.63) is 56.3 Å². The summed E-state index contributed by atoms with van der Waals surface area (Å²) < 4.78 is 15.8. The van der Waals surface area contributed by atoms with Crippen molar-refractivity contribution in [1.29, 1.82) is 5.26 Å². The predicted octanol–water partition coefficient (Wildman–Crippen LogP) is 6.12. The number of benzene rings is 2. The second-order valence-electron chi connectivity index (χ2n) is 6.18. The van der Waals surface area contributed by atoms with Crippen LogP contribution in [0.3, 0.4) is 0 Å². The molecule has 3 rings (SSSR count). The minimum absolute atomic E-state index is 0.171. The Hall–Kier alpha value is -3.05. The summed E-state index contributed by atoms with van der Waals surface area (Å²) in [5.41, 5.74) is 2.44. The van der Waals surface area contributed by atoms with Crippen molar-refractivity contribution in [2.24, 2.45) is 0 Å². The molecule has 0 saturated carbocycles. The summed E-state index contributed by atoms with van der Waals surface area (Å²) in [6.45, 7) is 1.29. The van der Waals surface area contributed by atoms with Crippen LogP contribution in [-0.2, 0) is 4.79 Å². The van der Waals surface area contributed by atoms with Crippen LogP contribution in [0.5, 0.6) is 17.2 Å². The zero-order valence-corrected chi connectivity index (χ0v) is 19.1. The van der Waals surface area contributed by atoms with Gasteiger partial charge in [-0.1, -0.05) is 29.3 Å². The highest BCUT2D eigenvalue weighted by atomic mass is 35.5. The molecule has 0 aliphatic heterocycles. The van der Waals surface area contributed by atoms with Crippen LogP contribution in [0.4, 0.5) is 0 Å². The maximum atomic E-state index is 11.4. The van der Waals surface area contributed by atoms with Crippen molar-refractivity contribution in [2.45, 2.75) is 6.92 Å². The third-order valence-electron chi connectivity index (χ3n) is 4.11. The third kappa shape index (κ3) is 5.17. The van der Waals surface area contributed by atoms with Gasteiger partial charge in [0.05, 0.1) is 35.5 Å². The van der Waals surface area contributed by atoms with Crippen LogP contribution in [0.25, 0.3) is 22.9 Å². The van der Waals surface area contributed by atoms with Crippen LogP contribution in [0.2, 0.25) is 10.0 Å². The first-order valence-electron chi connectivity index (χ1n) is 8.83. The standard InChI is InChI=1S/C22H16Cl2N2O4S/c1-12(27)30-21-19(28-2)7-13(8-20(21)29-3)6-15(10-25)22-26-18(11-31-22)14-4-5-16(23)17(24)9-14/h4-9,11H,1-3H3/b15-6-. The Morgan fingerprint density at radius 1 is 1.13 bits per heavy atom. The Balaban J connectivity index is 2.00. The number of esters is 1. The Kier molecular flexibility index (Phi) is 7.18. The molecule has 0 radical (unpaired) electrons. The average molecular weight is 475 g/mol. The number of carbonyl (C=O) groups is 1. The highest BCUT2D eigenvalue weighted by molar-refractivity contribution is 7.11. The fraction of sp³-hybridized carbons (Fsp3) is 0.136. The van der Waals surface area contributed by atoms with Crippen molar-refractivity contribution >= 4 is 52.2 Å². The van der Waals surface area contributed by atoms with Gasteiger partial charge in [0.1, 0.15) is 11.1 Å². The predicted molar refractivity (Wildman–Crippen MR) is 122 cm³/mol. The molecule has 0 amide bonds. The lowest BCUT2D eigenvalue weighted by molar-refractivity contribution is -0.132. The second kappa shape index (κ2) is 9.84. The van der Waals surface area contributed by atoms with E-state index in [0.717, 1.165) is 5.56 Å². The number of thiazole rings is 1. The monoisotopic (exact) mass is 474 g/mol. The molecule has 158 valence electrons. The molecule has 0 atom stereocenters. The molecule has 0 unspecified atom stereocenters. The molecule has 1 heterocycles. The number of rotatable bonds is 6. The first-order valence-corrected chi connectivity index (χ1v) is 10.5. The van der Waals surface area contributed by atoms with E-state index in [4.69, 9.17) is 37.4 Å². The molecule has 31 heavy (non-hydrogen) atoms. The number of ether oxygens (including phenoxy) is 3. The van der Waals surface area contributed by atoms with Crippen LogP contribution in [0, 0.1) is 11.3 Å². The smallest absolute Gasteiger partial charge is 0.308 e. The maximum Gasteiger partial charge on any atom is 0.308 e. The van der Waals surface area contributed by atoms with E-state index in [9.17, 15) is 10.1 Å². The average Bonchev–Trinajstić information content (AvgIpc) is 3.24. The summed E-state index contributed by atoms with van der Waals surface area (Å²) in [5.74, 6) is 0.266. The number of halogens is 2. The zero-order chi connectivity index (χ0) is 22.5. The number of allylic oxidation sites excluding steroid dienone is 1. The largest absolute Gasteiger partial charge is 0.493 e. The molecule has 0 aliphatic rings. The fourth-order valence-electron chi connectivity index (χ4n) is 2.72. The Morgan fingerprint density at radius 2 is 1.81 bits per heavy atom. The minimum atomic E-state index is -0.504. The highest BCUT2D eigenvalue weighted by Gasteiger charge is 2.17. The zero-order valence-electron chi connectivity index (χ0n) is 16.7. The van der Waals surface area contributed by atoms with Crippen molar-refractivity contribution in [3.8, 4) is 34.6 Å². The topological polar surface area (TPSA) is 81.4 Å². The highest BCUT2D eigenvalue weighted by Crippen LogP contribution is 2.40. The molecule has 0 aliphatic carbocycles. The van der Waals surface area contributed by atoms with Crippen LogP contribution in [0.1, 0.15) is 17.5 Å². The molecule has 0 N–H and O–H groups in total. The van der Waals surface area contributed by atoms with E-state index in [1.807, 2.05) is 11.4 Å². The number of hydrogen-bond acceptors (Lipinski definition) is 7. The number of nitriles is 1. The maximum absolute atomic E-state index is 11.4. The Labute approximate surface area is 193 Å². The second-order valence-corrected chi connectivity index (χ2v) is 7.86. The van der Waals surface area contributed by atoms with Gasteiger partial charge in [0, 0.05) is 17.9 Å². The van der Waals surface area contributed by atoms with Gasteiger partial charge in [-0.25, -0.2) is 4.98 Å². The van der Waals surface area contributed by atoms with Gasteiger partial charge >= 0.3 is 5.97 Å². The summed E-state index contributed by atoms with van der Waals surface area (Å²) in [7, 11) is 2.90. The van der Waals surface area contributed by atoms with Gasteiger partial charge in [-0.3, -0.25) is 4.79 Å². The SMILES string of the molecule is COc1cc(/C=C(/C#N)c2nc(-c3ccc(Cl)c(Cl)c3)cs2)cc(OC)c1OC(C)=O. The van der Waals surface area contributed by atoms with E-state index in [1.165, 1.54) is 32.5 Å². The molecule has 1 aromatic heterocycles. The number of methoxy groups -OCH3 is 2. The van der Waals surface area contributed by atoms with Crippen LogP contribution in [-0.4, -0.2) is 25.2 Å². The van der Waals surface area contributed by atoms with Crippen molar-refractivity contribution < 1.29 is 19.0 Å². The Bertz CT molecular complexity index is 1190. The van der Waals surface area contributed by atoms with E-state index >= 15 is 0 Å². The summed E-state index contributed by atoms with van der Waals surface area (Å²) in [6.07, 6.45) is 1.65. The van der Waals surface area contributed by atoms with E-state index in [-0.39, 0.29) is 5.75 Å². The van der Waals surface area contributed by atoms with Gasteiger partial charge in [-0.15, -0.1) is 11.3 Å². The van der Waals surface area contributed by atoms with E-state index < -0.39 is 5.97 Å². The number of aromatic nitrogens is 1. The fourth-order valence-corrected chi connectivity index (χ4v) is 3.81. The quantitative estimate of drug-likeness (QED) is 0.243. The number of hydrogen-bond donors (Lipinski definition) is 0. The third-order valence-corrected chi connectivity index (χ3v) is 5.72. The van der Waals surface area contributed by atoms with Gasteiger partial charge in [-0.2, -0.15) is 5.26 Å². The summed E-state index contributed by atoms with van der Waals surface area (Å²) in [4.78, 5) is 15.9. The molecule has 6 nitrogen and oxygen atoms in total. The summed E-state index contributed by atoms with van der Waals surface area (Å²) in [5, 5.41) is 13.0. The van der Waals surface area contributed by atoms with Crippen LogP contribution in [0.15, 0.2) is 35.7 Å². The molecular weight excluding hydrogens is 459 g/mol. The van der Waals surface area contributed by atoms with Gasteiger partial charge in [0.15, 0.2) is 11.5 Å². The van der Waals surface area contributed by atoms with E-state index in [0.29, 0.717) is 43.4 Å². The van der Waals surface area contributed by atoms with Gasteiger partial charge in [0.25, 0.3) is 0 Å². The van der Waals surface area contributed by atoms with E-state index in [1.54, 1.807) is 30.3 Å². The molecule has 9 heteroatoms. The van der Waals surface area contributed by atoms with Crippen LogP contribution >= 0.6 is 34.5 Å². The van der Waals surface area contributed by atoms with Crippen LogP contribution < -0.4 is 14.2 Å². The lowest BCUT2D eigenvalue weighted by Gasteiger charge is -2.13. The Morgan fingerprint density at radius 3 is 2.35 bits per heavy atom. The lowest BCUT2D eigenvalue weighted by atomic mass is 10.1. The first kappa shape index (κ1) is 22.6. The van der Waals surface area contributed by atoms with E-state index in [2.05, 4.69) is 11.1 Å². The molecule has 0 saturated heterocycles. The molecule has 0 bridgehead atoms. The lowest BCUT2D eigenvalue weighted by Crippen LogP contribution is -2.05. The molecule has 0 spiro atoms.